The number of aryl methyl sites for hydroxylation is 1. The van der Waals surface area contributed by atoms with Gasteiger partial charge in [-0.15, -0.1) is 0 Å². The smallest absolute Gasteiger partial charge is 0.342 e. The van der Waals surface area contributed by atoms with E-state index in [1.165, 1.54) is 6.92 Å². The van der Waals surface area contributed by atoms with Crippen LogP contribution in [0.4, 0.5) is 5.88 Å². The number of carbonyl (C=O) groups is 3. The quantitative estimate of drug-likeness (QED) is 0.449. The summed E-state index contributed by atoms with van der Waals surface area (Å²) in [5.74, 6) is -2.32. The van der Waals surface area contributed by atoms with Gasteiger partial charge in [0.1, 0.15) is 22.5 Å². The van der Waals surface area contributed by atoms with E-state index in [4.69, 9.17) is 14.9 Å². The summed E-state index contributed by atoms with van der Waals surface area (Å²) in [4.78, 5) is 41.6. The lowest BCUT2D eigenvalue weighted by Crippen LogP contribution is -2.20. The van der Waals surface area contributed by atoms with Crippen molar-refractivity contribution in [3.8, 4) is 11.3 Å². The van der Waals surface area contributed by atoms with Gasteiger partial charge in [-0.1, -0.05) is 30.3 Å². The van der Waals surface area contributed by atoms with Gasteiger partial charge in [-0.05, 0) is 26.0 Å². The van der Waals surface area contributed by atoms with Gasteiger partial charge in [0.2, 0.25) is 5.88 Å². The lowest BCUT2D eigenvalue weighted by Gasteiger charge is -2.05. The second-order valence-corrected chi connectivity index (χ2v) is 6.95. The summed E-state index contributed by atoms with van der Waals surface area (Å²) < 4.78 is 12.2. The Kier molecular flexibility index (Phi) is 5.46. The molecule has 0 saturated carbocycles. The van der Waals surface area contributed by atoms with Gasteiger partial charge < -0.3 is 19.3 Å². The molecule has 162 valence electrons. The van der Waals surface area contributed by atoms with Crippen molar-refractivity contribution < 1.29 is 23.5 Å². The fourth-order valence-electron chi connectivity index (χ4n) is 3.36. The topological polar surface area (TPSA) is 129 Å². The lowest BCUT2D eigenvalue weighted by atomic mass is 10.1. The Morgan fingerprint density at radius 1 is 1.16 bits per heavy atom. The van der Waals surface area contributed by atoms with Gasteiger partial charge in [-0.2, -0.15) is 0 Å². The van der Waals surface area contributed by atoms with E-state index in [2.05, 4.69) is 10.3 Å². The number of hydrogen-bond donors (Lipinski definition) is 2. The number of aromatic nitrogens is 2. The highest BCUT2D eigenvalue weighted by molar-refractivity contribution is 6.12. The SMILES string of the molecule is CCOC(=O)c1c(C)oc(NC(=O)c2ccn3cc(-c4ccccc4)nc3c2)c1C(N)=O. The van der Waals surface area contributed by atoms with Crippen LogP contribution in [0.3, 0.4) is 0 Å². The van der Waals surface area contributed by atoms with Crippen molar-refractivity contribution in [2.45, 2.75) is 13.8 Å². The van der Waals surface area contributed by atoms with Crippen molar-refractivity contribution in [3.63, 3.8) is 0 Å². The number of primary amides is 1. The fourth-order valence-corrected chi connectivity index (χ4v) is 3.36. The third kappa shape index (κ3) is 3.83. The van der Waals surface area contributed by atoms with E-state index in [0.717, 1.165) is 11.3 Å². The number of amides is 2. The van der Waals surface area contributed by atoms with Crippen molar-refractivity contribution in [2.75, 3.05) is 11.9 Å². The minimum atomic E-state index is -0.920. The monoisotopic (exact) mass is 432 g/mol. The van der Waals surface area contributed by atoms with E-state index in [9.17, 15) is 14.4 Å². The van der Waals surface area contributed by atoms with E-state index in [-0.39, 0.29) is 34.9 Å². The van der Waals surface area contributed by atoms with Crippen LogP contribution in [0.2, 0.25) is 0 Å². The molecule has 0 atom stereocenters. The van der Waals surface area contributed by atoms with Crippen LogP contribution in [0, 0.1) is 6.92 Å². The first-order valence-electron chi connectivity index (χ1n) is 9.85. The number of imidazole rings is 1. The number of furan rings is 1. The number of nitrogens with two attached hydrogens (primary N) is 1. The van der Waals surface area contributed by atoms with Gasteiger partial charge in [0.15, 0.2) is 0 Å². The molecule has 9 nitrogen and oxygen atoms in total. The summed E-state index contributed by atoms with van der Waals surface area (Å²) >= 11 is 0. The molecule has 32 heavy (non-hydrogen) atoms. The second kappa shape index (κ2) is 8.38. The van der Waals surface area contributed by atoms with Crippen LogP contribution in [-0.4, -0.2) is 33.8 Å². The largest absolute Gasteiger partial charge is 0.462 e. The minimum absolute atomic E-state index is 0.106. The molecule has 2 amide bonds. The number of hydrogen-bond acceptors (Lipinski definition) is 6. The van der Waals surface area contributed by atoms with E-state index in [1.807, 2.05) is 36.5 Å². The number of esters is 1. The molecule has 9 heteroatoms. The normalized spacial score (nSPS) is 10.8. The highest BCUT2D eigenvalue weighted by atomic mass is 16.5. The third-order valence-corrected chi connectivity index (χ3v) is 4.83. The van der Waals surface area contributed by atoms with Crippen LogP contribution >= 0.6 is 0 Å². The average molecular weight is 432 g/mol. The molecule has 4 aromatic rings. The number of pyridine rings is 1. The van der Waals surface area contributed by atoms with Crippen LogP contribution in [0.5, 0.6) is 0 Å². The summed E-state index contributed by atoms with van der Waals surface area (Å²) in [6.07, 6.45) is 3.56. The van der Waals surface area contributed by atoms with Crippen LogP contribution in [0.1, 0.15) is 43.8 Å². The molecular formula is C23H20N4O5. The highest BCUT2D eigenvalue weighted by Crippen LogP contribution is 2.28. The number of ether oxygens (including phenoxy) is 1. The summed E-state index contributed by atoms with van der Waals surface area (Å²) in [6.45, 7) is 3.23. The molecule has 0 fully saturated rings. The molecule has 3 aromatic heterocycles. The molecule has 0 aliphatic heterocycles. The first-order valence-corrected chi connectivity index (χ1v) is 9.85. The molecule has 0 radical (unpaired) electrons. The van der Waals surface area contributed by atoms with Gasteiger partial charge in [-0.3, -0.25) is 14.9 Å². The maximum absolute atomic E-state index is 12.8. The Balaban J connectivity index is 1.65. The molecular weight excluding hydrogens is 412 g/mol. The van der Waals surface area contributed by atoms with Crippen LogP contribution in [0.15, 0.2) is 59.3 Å². The van der Waals surface area contributed by atoms with Crippen LogP contribution < -0.4 is 11.1 Å². The number of anilines is 1. The van der Waals surface area contributed by atoms with Crippen molar-refractivity contribution >= 4 is 29.3 Å². The van der Waals surface area contributed by atoms with Crippen molar-refractivity contribution in [1.29, 1.82) is 0 Å². The van der Waals surface area contributed by atoms with Gasteiger partial charge in [-0.25, -0.2) is 9.78 Å². The number of carbonyl (C=O) groups excluding carboxylic acids is 3. The van der Waals surface area contributed by atoms with Crippen molar-refractivity contribution in [2.24, 2.45) is 5.73 Å². The molecule has 3 N–H and O–H groups in total. The first kappa shape index (κ1) is 20.9. The maximum Gasteiger partial charge on any atom is 0.342 e. The Morgan fingerprint density at radius 3 is 2.59 bits per heavy atom. The van der Waals surface area contributed by atoms with Gasteiger partial charge >= 0.3 is 5.97 Å². The van der Waals surface area contributed by atoms with Gasteiger partial charge in [0, 0.05) is 23.5 Å². The summed E-state index contributed by atoms with van der Waals surface area (Å²) in [5.41, 5.74) is 7.66. The average Bonchev–Trinajstić information content (AvgIpc) is 3.34. The number of nitrogens with zero attached hydrogens (tertiary/aromatic N) is 2. The third-order valence-electron chi connectivity index (χ3n) is 4.83. The number of fused-ring (bicyclic) bond motifs is 1. The molecule has 3 heterocycles. The molecule has 0 bridgehead atoms. The standard InChI is InChI=1S/C23H20N4O5/c1-3-31-23(30)18-13(2)32-22(19(18)20(24)28)26-21(29)15-9-10-27-12-16(25-17(27)11-15)14-7-5-4-6-8-14/h4-12H,3H2,1-2H3,(H2,24,28)(H,26,29). The molecule has 1 aromatic carbocycles. The summed E-state index contributed by atoms with van der Waals surface area (Å²) in [7, 11) is 0. The Morgan fingerprint density at radius 2 is 1.91 bits per heavy atom. The molecule has 4 rings (SSSR count). The maximum atomic E-state index is 12.8. The molecule has 0 unspecified atom stereocenters. The minimum Gasteiger partial charge on any atom is -0.462 e. The zero-order chi connectivity index (χ0) is 22.8. The number of nitrogens with one attached hydrogen (secondary N) is 1. The summed E-state index contributed by atoms with van der Waals surface area (Å²) in [6, 6.07) is 12.9. The predicted molar refractivity (Wildman–Crippen MR) is 117 cm³/mol. The van der Waals surface area contributed by atoms with Crippen molar-refractivity contribution in [1.82, 2.24) is 9.38 Å². The molecule has 0 aliphatic carbocycles. The first-order chi connectivity index (χ1) is 15.4. The van der Waals surface area contributed by atoms with Crippen LogP contribution in [-0.2, 0) is 4.74 Å². The van der Waals surface area contributed by atoms with E-state index >= 15 is 0 Å². The van der Waals surface area contributed by atoms with Gasteiger partial charge in [0.25, 0.3) is 11.8 Å². The van der Waals surface area contributed by atoms with Crippen molar-refractivity contribution in [3.05, 3.63) is 77.3 Å². The zero-order valence-electron chi connectivity index (χ0n) is 17.4. The highest BCUT2D eigenvalue weighted by Gasteiger charge is 2.29. The second-order valence-electron chi connectivity index (χ2n) is 6.95. The Bertz CT molecular complexity index is 1340. The molecule has 0 saturated heterocycles. The lowest BCUT2D eigenvalue weighted by molar-refractivity contribution is 0.0521. The number of rotatable bonds is 6. The fraction of sp³-hybridized carbons (Fsp3) is 0.130. The Labute approximate surface area is 182 Å². The molecule has 0 spiro atoms. The van der Waals surface area contributed by atoms with E-state index in [0.29, 0.717) is 5.65 Å². The Hall–Kier alpha value is -4.40. The molecule has 0 aliphatic rings. The zero-order valence-corrected chi connectivity index (χ0v) is 17.4. The number of benzene rings is 1. The van der Waals surface area contributed by atoms with E-state index < -0.39 is 17.8 Å². The predicted octanol–water partition coefficient (Wildman–Crippen LogP) is 3.43. The summed E-state index contributed by atoms with van der Waals surface area (Å²) in [5, 5.41) is 2.52. The van der Waals surface area contributed by atoms with E-state index in [1.54, 1.807) is 29.7 Å². The van der Waals surface area contributed by atoms with Crippen LogP contribution in [0.25, 0.3) is 16.9 Å². The van der Waals surface area contributed by atoms with Gasteiger partial charge in [0.05, 0.1) is 12.3 Å².